The molecule has 19 heavy (non-hydrogen) atoms. The number of hydrogen-bond acceptors (Lipinski definition) is 3. The Hall–Kier alpha value is -1.68. The predicted octanol–water partition coefficient (Wildman–Crippen LogP) is 2.15. The summed E-state index contributed by atoms with van der Waals surface area (Å²) in [6.07, 6.45) is 4.68. The summed E-state index contributed by atoms with van der Waals surface area (Å²) in [6, 6.07) is 10.1. The molecule has 1 aliphatic carbocycles. The number of nitrogens with zero attached hydrogens (tertiary/aromatic N) is 3. The zero-order valence-corrected chi connectivity index (χ0v) is 11.3. The second kappa shape index (κ2) is 4.78. The van der Waals surface area contributed by atoms with E-state index in [2.05, 4.69) is 5.10 Å². The molecular formula is C15H20N4. The molecule has 0 bridgehead atoms. The Kier molecular flexibility index (Phi) is 3.11. The highest BCUT2D eigenvalue weighted by molar-refractivity contribution is 5.53. The van der Waals surface area contributed by atoms with E-state index in [1.807, 2.05) is 42.1 Å². The van der Waals surface area contributed by atoms with Gasteiger partial charge in [0, 0.05) is 19.0 Å². The van der Waals surface area contributed by atoms with Crippen LogP contribution in [0.4, 0.5) is 0 Å². The molecule has 4 nitrogen and oxygen atoms in total. The Morgan fingerprint density at radius 3 is 2.58 bits per heavy atom. The Morgan fingerprint density at radius 2 is 2.00 bits per heavy atom. The smallest absolute Gasteiger partial charge is 0.181 e. The number of hydrogen-bond donors (Lipinski definition) is 1. The number of rotatable bonds is 4. The molecule has 0 atom stereocenters. The van der Waals surface area contributed by atoms with Crippen molar-refractivity contribution in [3.8, 4) is 11.4 Å². The van der Waals surface area contributed by atoms with Gasteiger partial charge in [0.1, 0.15) is 5.82 Å². The summed E-state index contributed by atoms with van der Waals surface area (Å²) in [5.41, 5.74) is 7.27. The minimum absolute atomic E-state index is 0.273. The van der Waals surface area contributed by atoms with E-state index in [4.69, 9.17) is 10.7 Å². The summed E-state index contributed by atoms with van der Waals surface area (Å²) < 4.78 is 1.90. The first-order valence-corrected chi connectivity index (χ1v) is 6.88. The summed E-state index contributed by atoms with van der Waals surface area (Å²) in [6.45, 7) is 0.751. The molecule has 0 aliphatic heterocycles. The monoisotopic (exact) mass is 256 g/mol. The lowest BCUT2D eigenvalue weighted by Crippen LogP contribution is -2.39. The third-order valence-electron chi connectivity index (χ3n) is 4.27. The molecule has 0 saturated heterocycles. The van der Waals surface area contributed by atoms with E-state index in [0.29, 0.717) is 0 Å². The number of aryl methyl sites for hydroxylation is 1. The molecule has 1 aromatic carbocycles. The van der Waals surface area contributed by atoms with Crippen molar-refractivity contribution >= 4 is 0 Å². The van der Waals surface area contributed by atoms with Gasteiger partial charge < -0.3 is 5.73 Å². The van der Waals surface area contributed by atoms with Gasteiger partial charge in [-0.05, 0) is 24.8 Å². The van der Waals surface area contributed by atoms with Crippen molar-refractivity contribution in [1.29, 1.82) is 0 Å². The number of benzene rings is 1. The second-order valence-electron chi connectivity index (χ2n) is 5.58. The van der Waals surface area contributed by atoms with E-state index < -0.39 is 0 Å². The Morgan fingerprint density at radius 1 is 1.26 bits per heavy atom. The fourth-order valence-corrected chi connectivity index (χ4v) is 2.75. The van der Waals surface area contributed by atoms with Crippen LogP contribution in [-0.4, -0.2) is 21.3 Å². The highest BCUT2D eigenvalue weighted by atomic mass is 15.3. The van der Waals surface area contributed by atoms with Crippen LogP contribution < -0.4 is 5.73 Å². The highest BCUT2D eigenvalue weighted by Crippen LogP contribution is 2.42. The standard InChI is InChI=1S/C15H20N4/c1-19-13(10-15(11-16)8-5-9-15)17-14(18-19)12-6-3-2-4-7-12/h2-4,6-7H,5,8-11,16H2,1H3. The summed E-state index contributed by atoms with van der Waals surface area (Å²) in [4.78, 5) is 4.69. The lowest BCUT2D eigenvalue weighted by atomic mass is 9.66. The van der Waals surface area contributed by atoms with Crippen LogP contribution >= 0.6 is 0 Å². The van der Waals surface area contributed by atoms with Crippen LogP contribution in [0.25, 0.3) is 11.4 Å². The molecule has 4 heteroatoms. The van der Waals surface area contributed by atoms with Crippen molar-refractivity contribution in [3.05, 3.63) is 36.2 Å². The fraction of sp³-hybridized carbons (Fsp3) is 0.467. The summed E-state index contributed by atoms with van der Waals surface area (Å²) >= 11 is 0. The van der Waals surface area contributed by atoms with E-state index in [0.717, 1.165) is 30.2 Å². The third kappa shape index (κ3) is 2.28. The van der Waals surface area contributed by atoms with Gasteiger partial charge in [-0.15, -0.1) is 0 Å². The first-order valence-electron chi connectivity index (χ1n) is 6.88. The molecule has 0 amide bonds. The fourth-order valence-electron chi connectivity index (χ4n) is 2.75. The van der Waals surface area contributed by atoms with Crippen molar-refractivity contribution in [2.75, 3.05) is 6.54 Å². The van der Waals surface area contributed by atoms with Crippen LogP contribution in [0.5, 0.6) is 0 Å². The quantitative estimate of drug-likeness (QED) is 0.912. The van der Waals surface area contributed by atoms with Crippen LogP contribution in [0.2, 0.25) is 0 Å². The normalized spacial score (nSPS) is 17.2. The molecule has 1 aliphatic rings. The minimum Gasteiger partial charge on any atom is -0.330 e. The van der Waals surface area contributed by atoms with Crippen molar-refractivity contribution in [2.24, 2.45) is 18.2 Å². The van der Waals surface area contributed by atoms with E-state index >= 15 is 0 Å². The Bertz CT molecular complexity index is 549. The zero-order valence-electron chi connectivity index (χ0n) is 11.3. The van der Waals surface area contributed by atoms with Crippen LogP contribution in [0.1, 0.15) is 25.1 Å². The van der Waals surface area contributed by atoms with Crippen molar-refractivity contribution in [1.82, 2.24) is 14.8 Å². The van der Waals surface area contributed by atoms with Crippen LogP contribution in [-0.2, 0) is 13.5 Å². The van der Waals surface area contributed by atoms with E-state index in [9.17, 15) is 0 Å². The maximum absolute atomic E-state index is 5.93. The van der Waals surface area contributed by atoms with Gasteiger partial charge in [-0.25, -0.2) is 4.98 Å². The molecule has 100 valence electrons. The van der Waals surface area contributed by atoms with Gasteiger partial charge in [0.05, 0.1) is 0 Å². The van der Waals surface area contributed by atoms with Crippen LogP contribution in [0.3, 0.4) is 0 Å². The Balaban J connectivity index is 1.86. The van der Waals surface area contributed by atoms with Crippen molar-refractivity contribution in [3.63, 3.8) is 0 Å². The van der Waals surface area contributed by atoms with Gasteiger partial charge >= 0.3 is 0 Å². The number of nitrogens with two attached hydrogens (primary N) is 1. The SMILES string of the molecule is Cn1nc(-c2ccccc2)nc1CC1(CN)CCC1. The summed E-state index contributed by atoms with van der Waals surface area (Å²) in [5.74, 6) is 1.86. The van der Waals surface area contributed by atoms with E-state index in [1.54, 1.807) is 0 Å². The van der Waals surface area contributed by atoms with Gasteiger partial charge in [-0.1, -0.05) is 36.8 Å². The average molecular weight is 256 g/mol. The van der Waals surface area contributed by atoms with Gasteiger partial charge in [-0.3, -0.25) is 4.68 Å². The van der Waals surface area contributed by atoms with Gasteiger partial charge in [0.2, 0.25) is 0 Å². The molecule has 0 radical (unpaired) electrons. The molecule has 2 aromatic rings. The largest absolute Gasteiger partial charge is 0.330 e. The molecule has 1 saturated carbocycles. The van der Waals surface area contributed by atoms with Gasteiger partial charge in [0.25, 0.3) is 0 Å². The Labute approximate surface area is 113 Å². The van der Waals surface area contributed by atoms with Crippen LogP contribution in [0, 0.1) is 5.41 Å². The van der Waals surface area contributed by atoms with E-state index in [-0.39, 0.29) is 5.41 Å². The minimum atomic E-state index is 0.273. The maximum Gasteiger partial charge on any atom is 0.181 e. The second-order valence-corrected chi connectivity index (χ2v) is 5.58. The lowest BCUT2D eigenvalue weighted by Gasteiger charge is -2.40. The van der Waals surface area contributed by atoms with E-state index in [1.165, 1.54) is 19.3 Å². The van der Waals surface area contributed by atoms with Gasteiger partial charge in [0.15, 0.2) is 5.82 Å². The molecule has 0 unspecified atom stereocenters. The molecule has 1 fully saturated rings. The number of aromatic nitrogens is 3. The third-order valence-corrected chi connectivity index (χ3v) is 4.27. The summed E-state index contributed by atoms with van der Waals surface area (Å²) in [7, 11) is 1.97. The van der Waals surface area contributed by atoms with Crippen molar-refractivity contribution in [2.45, 2.75) is 25.7 Å². The first-order chi connectivity index (χ1) is 9.22. The molecular weight excluding hydrogens is 236 g/mol. The molecule has 3 rings (SSSR count). The molecule has 1 aromatic heterocycles. The topological polar surface area (TPSA) is 56.7 Å². The summed E-state index contributed by atoms with van der Waals surface area (Å²) in [5, 5.41) is 4.52. The molecule has 1 heterocycles. The van der Waals surface area contributed by atoms with Crippen LogP contribution in [0.15, 0.2) is 30.3 Å². The van der Waals surface area contributed by atoms with Gasteiger partial charge in [-0.2, -0.15) is 5.10 Å². The highest BCUT2D eigenvalue weighted by Gasteiger charge is 2.37. The average Bonchev–Trinajstić information content (AvgIpc) is 2.76. The lowest BCUT2D eigenvalue weighted by molar-refractivity contribution is 0.140. The predicted molar refractivity (Wildman–Crippen MR) is 75.5 cm³/mol. The first kappa shape index (κ1) is 12.4. The zero-order chi connectivity index (χ0) is 13.3. The maximum atomic E-state index is 5.93. The van der Waals surface area contributed by atoms with Crippen molar-refractivity contribution < 1.29 is 0 Å². The molecule has 0 spiro atoms. The molecule has 2 N–H and O–H groups in total.